The summed E-state index contributed by atoms with van der Waals surface area (Å²) in [4.78, 5) is 23.5. The highest BCUT2D eigenvalue weighted by molar-refractivity contribution is 5.87. The molecule has 116 valence electrons. The van der Waals surface area contributed by atoms with Gasteiger partial charge in [-0.3, -0.25) is 9.48 Å². The van der Waals surface area contributed by atoms with Gasteiger partial charge in [0, 0.05) is 18.7 Å². The maximum absolute atomic E-state index is 12.1. The molecule has 0 aliphatic heterocycles. The topological polar surface area (TPSA) is 84.2 Å². The Morgan fingerprint density at radius 3 is 2.38 bits per heavy atom. The standard InChI is InChI=1S/C15H23N3O3/c1-10-11(2)17-18(12(10)3)9-6-13(19)16-15(14(20)21)7-4-5-8-15/h4-9H2,1-3H3,(H,16,19)(H,20,21). The van der Waals surface area contributed by atoms with Gasteiger partial charge in [0.1, 0.15) is 5.54 Å². The van der Waals surface area contributed by atoms with Crippen molar-refractivity contribution >= 4 is 11.9 Å². The van der Waals surface area contributed by atoms with Gasteiger partial charge in [-0.05, 0) is 39.2 Å². The highest BCUT2D eigenvalue weighted by Crippen LogP contribution is 2.30. The van der Waals surface area contributed by atoms with E-state index < -0.39 is 11.5 Å². The van der Waals surface area contributed by atoms with Crippen molar-refractivity contribution in [1.29, 1.82) is 0 Å². The van der Waals surface area contributed by atoms with Crippen molar-refractivity contribution in [3.05, 3.63) is 17.0 Å². The molecule has 0 bridgehead atoms. The predicted molar refractivity (Wildman–Crippen MR) is 78.0 cm³/mol. The molecule has 6 nitrogen and oxygen atoms in total. The molecule has 1 aromatic rings. The molecule has 1 aromatic heterocycles. The van der Waals surface area contributed by atoms with Crippen molar-refractivity contribution in [2.45, 2.75) is 65.0 Å². The number of nitrogens with one attached hydrogen (secondary N) is 1. The Kier molecular flexibility index (Phi) is 4.34. The summed E-state index contributed by atoms with van der Waals surface area (Å²) in [5.74, 6) is -1.14. The molecule has 0 spiro atoms. The summed E-state index contributed by atoms with van der Waals surface area (Å²) in [6.45, 7) is 6.40. The van der Waals surface area contributed by atoms with Crippen LogP contribution in [0.2, 0.25) is 0 Å². The summed E-state index contributed by atoms with van der Waals surface area (Å²) in [7, 11) is 0. The normalized spacial score (nSPS) is 16.9. The first kappa shape index (κ1) is 15.5. The van der Waals surface area contributed by atoms with Crippen LogP contribution in [0.3, 0.4) is 0 Å². The number of amides is 1. The summed E-state index contributed by atoms with van der Waals surface area (Å²) in [6.07, 6.45) is 2.99. The number of carbonyl (C=O) groups is 2. The van der Waals surface area contributed by atoms with E-state index in [1.165, 1.54) is 0 Å². The zero-order valence-corrected chi connectivity index (χ0v) is 12.9. The molecular formula is C15H23N3O3. The largest absolute Gasteiger partial charge is 0.480 e. The van der Waals surface area contributed by atoms with Gasteiger partial charge in [0.15, 0.2) is 0 Å². The van der Waals surface area contributed by atoms with E-state index in [4.69, 9.17) is 0 Å². The molecule has 1 amide bonds. The van der Waals surface area contributed by atoms with Crippen molar-refractivity contribution < 1.29 is 14.7 Å². The van der Waals surface area contributed by atoms with Crippen LogP contribution in [0, 0.1) is 20.8 Å². The van der Waals surface area contributed by atoms with Crippen LogP contribution in [0.1, 0.15) is 49.1 Å². The van der Waals surface area contributed by atoms with Crippen molar-refractivity contribution in [3.8, 4) is 0 Å². The third-order valence-corrected chi connectivity index (χ3v) is 4.54. The zero-order chi connectivity index (χ0) is 15.6. The molecule has 1 heterocycles. The van der Waals surface area contributed by atoms with E-state index in [0.29, 0.717) is 19.4 Å². The minimum atomic E-state index is -1.05. The Hall–Kier alpha value is -1.85. The quantitative estimate of drug-likeness (QED) is 0.865. The first-order chi connectivity index (χ1) is 9.85. The number of carboxylic acids is 1. The fourth-order valence-electron chi connectivity index (χ4n) is 2.91. The Morgan fingerprint density at radius 2 is 1.90 bits per heavy atom. The Bertz CT molecular complexity index is 557. The van der Waals surface area contributed by atoms with E-state index >= 15 is 0 Å². The highest BCUT2D eigenvalue weighted by atomic mass is 16.4. The fourth-order valence-corrected chi connectivity index (χ4v) is 2.91. The second-order valence-corrected chi connectivity index (χ2v) is 5.91. The minimum Gasteiger partial charge on any atom is -0.480 e. The van der Waals surface area contributed by atoms with Crippen LogP contribution < -0.4 is 5.32 Å². The van der Waals surface area contributed by atoms with Crippen molar-refractivity contribution in [1.82, 2.24) is 15.1 Å². The molecule has 1 aliphatic carbocycles. The van der Waals surface area contributed by atoms with Crippen molar-refractivity contribution in [2.75, 3.05) is 0 Å². The van der Waals surface area contributed by atoms with Gasteiger partial charge in [0.05, 0.1) is 5.69 Å². The fraction of sp³-hybridized carbons (Fsp3) is 0.667. The molecule has 6 heteroatoms. The van der Waals surface area contributed by atoms with Crippen LogP contribution in [-0.2, 0) is 16.1 Å². The Balaban J connectivity index is 1.96. The van der Waals surface area contributed by atoms with E-state index in [1.54, 1.807) is 0 Å². The summed E-state index contributed by atoms with van der Waals surface area (Å²) in [6, 6.07) is 0. The van der Waals surface area contributed by atoms with Gasteiger partial charge in [-0.25, -0.2) is 4.79 Å². The van der Waals surface area contributed by atoms with Gasteiger partial charge in [0.2, 0.25) is 5.91 Å². The van der Waals surface area contributed by atoms with Gasteiger partial charge in [-0.15, -0.1) is 0 Å². The van der Waals surface area contributed by atoms with Gasteiger partial charge in [0.25, 0.3) is 0 Å². The van der Waals surface area contributed by atoms with Crippen LogP contribution >= 0.6 is 0 Å². The van der Waals surface area contributed by atoms with E-state index in [1.807, 2.05) is 25.5 Å². The number of rotatable bonds is 5. The molecule has 21 heavy (non-hydrogen) atoms. The molecule has 0 atom stereocenters. The summed E-state index contributed by atoms with van der Waals surface area (Å²) < 4.78 is 1.81. The first-order valence-electron chi connectivity index (χ1n) is 7.41. The summed E-state index contributed by atoms with van der Waals surface area (Å²) in [5, 5.41) is 16.5. The number of carboxylic acid groups (broad SMARTS) is 1. The van der Waals surface area contributed by atoms with Gasteiger partial charge in [-0.2, -0.15) is 5.10 Å². The number of hydrogen-bond acceptors (Lipinski definition) is 3. The van der Waals surface area contributed by atoms with Crippen LogP contribution in [0.5, 0.6) is 0 Å². The molecule has 2 rings (SSSR count). The molecule has 1 saturated carbocycles. The third kappa shape index (κ3) is 3.09. The second-order valence-electron chi connectivity index (χ2n) is 5.91. The minimum absolute atomic E-state index is 0.218. The van der Waals surface area contributed by atoms with Gasteiger partial charge < -0.3 is 10.4 Å². The lowest BCUT2D eigenvalue weighted by Crippen LogP contribution is -2.52. The summed E-state index contributed by atoms with van der Waals surface area (Å²) >= 11 is 0. The second kappa shape index (κ2) is 5.87. The van der Waals surface area contributed by atoms with Crippen LogP contribution in [0.25, 0.3) is 0 Å². The van der Waals surface area contributed by atoms with Crippen molar-refractivity contribution in [2.24, 2.45) is 0 Å². The Morgan fingerprint density at radius 1 is 1.29 bits per heavy atom. The Labute approximate surface area is 124 Å². The van der Waals surface area contributed by atoms with Gasteiger partial charge in [-0.1, -0.05) is 12.8 Å². The van der Waals surface area contributed by atoms with E-state index in [2.05, 4.69) is 10.4 Å². The number of aliphatic carboxylic acids is 1. The van der Waals surface area contributed by atoms with Crippen LogP contribution in [0.15, 0.2) is 0 Å². The molecule has 1 aliphatic rings. The van der Waals surface area contributed by atoms with E-state index in [0.717, 1.165) is 29.8 Å². The average Bonchev–Trinajstić information content (AvgIpc) is 2.99. The number of nitrogens with zero attached hydrogens (tertiary/aromatic N) is 2. The van der Waals surface area contributed by atoms with Crippen LogP contribution in [0.4, 0.5) is 0 Å². The molecule has 0 aromatic carbocycles. The zero-order valence-electron chi connectivity index (χ0n) is 12.9. The van der Waals surface area contributed by atoms with E-state index in [9.17, 15) is 14.7 Å². The molecule has 2 N–H and O–H groups in total. The lowest BCUT2D eigenvalue weighted by Gasteiger charge is -2.25. The third-order valence-electron chi connectivity index (χ3n) is 4.54. The molecule has 1 fully saturated rings. The SMILES string of the molecule is Cc1nn(CCC(=O)NC2(C(=O)O)CCCC2)c(C)c1C. The number of hydrogen-bond donors (Lipinski definition) is 2. The predicted octanol–water partition coefficient (Wildman–Crippen LogP) is 1.71. The monoisotopic (exact) mass is 293 g/mol. The summed E-state index contributed by atoms with van der Waals surface area (Å²) in [5.41, 5.74) is 2.09. The number of aryl methyl sites for hydroxylation is 2. The number of aromatic nitrogens is 2. The molecule has 0 radical (unpaired) electrons. The van der Waals surface area contributed by atoms with Gasteiger partial charge >= 0.3 is 5.97 Å². The highest BCUT2D eigenvalue weighted by Gasteiger charge is 2.42. The maximum Gasteiger partial charge on any atom is 0.329 e. The lowest BCUT2D eigenvalue weighted by atomic mass is 9.97. The average molecular weight is 293 g/mol. The lowest BCUT2D eigenvalue weighted by molar-refractivity contribution is -0.147. The first-order valence-corrected chi connectivity index (χ1v) is 7.41. The maximum atomic E-state index is 12.1. The smallest absolute Gasteiger partial charge is 0.329 e. The molecule has 0 unspecified atom stereocenters. The van der Waals surface area contributed by atoms with Crippen molar-refractivity contribution in [3.63, 3.8) is 0 Å². The van der Waals surface area contributed by atoms with E-state index in [-0.39, 0.29) is 12.3 Å². The molecule has 0 saturated heterocycles. The van der Waals surface area contributed by atoms with Crippen LogP contribution in [-0.4, -0.2) is 32.3 Å². The molecular weight excluding hydrogens is 270 g/mol. The number of carbonyl (C=O) groups excluding carboxylic acids is 1.